The lowest BCUT2D eigenvalue weighted by atomic mass is 9.78. The van der Waals surface area contributed by atoms with Gasteiger partial charge in [-0.1, -0.05) is 24.3 Å². The lowest BCUT2D eigenvalue weighted by Crippen LogP contribution is -2.42. The summed E-state index contributed by atoms with van der Waals surface area (Å²) in [5, 5.41) is 16.2. The van der Waals surface area contributed by atoms with Gasteiger partial charge in [0.15, 0.2) is 0 Å². The van der Waals surface area contributed by atoms with Crippen molar-refractivity contribution in [2.75, 3.05) is 31.7 Å². The summed E-state index contributed by atoms with van der Waals surface area (Å²) in [5.74, 6) is 1.93. The Morgan fingerprint density at radius 3 is 2.45 bits per heavy atom. The van der Waals surface area contributed by atoms with Crippen molar-refractivity contribution >= 4 is 17.7 Å². The monoisotopic (exact) mass is 644 g/mol. The summed E-state index contributed by atoms with van der Waals surface area (Å²) in [5.41, 5.74) is 5.57. The van der Waals surface area contributed by atoms with Crippen molar-refractivity contribution in [2.24, 2.45) is 11.8 Å². The molecule has 47 heavy (non-hydrogen) atoms. The molecule has 2 aliphatic carbocycles. The minimum atomic E-state index is -0.451. The summed E-state index contributed by atoms with van der Waals surface area (Å²) < 4.78 is 13.0. The lowest BCUT2D eigenvalue weighted by molar-refractivity contribution is -0.124. The van der Waals surface area contributed by atoms with E-state index in [1.54, 1.807) is 7.11 Å². The average molecular weight is 645 g/mol. The van der Waals surface area contributed by atoms with Gasteiger partial charge in [0.2, 0.25) is 5.91 Å². The van der Waals surface area contributed by atoms with Gasteiger partial charge in [0.05, 0.1) is 13.3 Å². The molecule has 0 unspecified atom stereocenters. The number of carbonyl (C=O) groups is 2. The van der Waals surface area contributed by atoms with Gasteiger partial charge in [-0.05, 0) is 125 Å². The van der Waals surface area contributed by atoms with E-state index in [9.17, 15) is 9.59 Å². The Kier molecular flexibility index (Phi) is 12.0. The van der Waals surface area contributed by atoms with Crippen molar-refractivity contribution in [3.63, 3.8) is 0 Å². The first kappa shape index (κ1) is 34.5. The zero-order chi connectivity index (χ0) is 33.3. The number of aromatic nitrogens is 2. The molecule has 2 aromatic carbocycles. The number of aliphatic hydroxyl groups is 1. The largest absolute Gasteiger partial charge is 0.496 e. The number of aryl methyl sites for hydroxylation is 1. The summed E-state index contributed by atoms with van der Waals surface area (Å²) in [6.45, 7) is 7.44. The van der Waals surface area contributed by atoms with Crippen LogP contribution < -0.4 is 15.0 Å². The van der Waals surface area contributed by atoms with Crippen LogP contribution >= 0.6 is 0 Å². The van der Waals surface area contributed by atoms with Crippen LogP contribution in [0.1, 0.15) is 94.7 Å². The average Bonchev–Trinajstić information content (AvgIpc) is 3.59. The lowest BCUT2D eigenvalue weighted by Gasteiger charge is -2.36. The molecule has 0 spiro atoms. The molecule has 2 N–H and O–H groups in total. The van der Waals surface area contributed by atoms with E-state index in [0.29, 0.717) is 57.0 Å². The molecule has 0 saturated heterocycles. The van der Waals surface area contributed by atoms with Gasteiger partial charge < -0.3 is 24.8 Å². The van der Waals surface area contributed by atoms with Crippen molar-refractivity contribution in [3.05, 3.63) is 66.0 Å². The van der Waals surface area contributed by atoms with Crippen molar-refractivity contribution in [1.29, 1.82) is 0 Å². The zero-order valence-electron chi connectivity index (χ0n) is 28.5. The number of rotatable bonds is 12. The third-order valence-electron chi connectivity index (χ3n) is 9.97. The number of alkyl carbamates (subject to hydrolysis) is 1. The quantitative estimate of drug-likeness (QED) is 0.199. The Morgan fingerprint density at radius 2 is 1.79 bits per heavy atom. The number of carbonyl (C=O) groups excluding carboxylic acids is 2. The van der Waals surface area contributed by atoms with Gasteiger partial charge in [0, 0.05) is 49.1 Å². The molecule has 0 radical (unpaired) electrons. The fraction of sp³-hybridized carbons (Fsp3) is 0.553. The van der Waals surface area contributed by atoms with Crippen molar-refractivity contribution in [1.82, 2.24) is 15.1 Å². The van der Waals surface area contributed by atoms with Crippen LogP contribution in [0, 0.1) is 18.8 Å². The van der Waals surface area contributed by atoms with Crippen LogP contribution in [-0.4, -0.2) is 59.8 Å². The molecule has 9 nitrogen and oxygen atoms in total. The fourth-order valence-corrected chi connectivity index (χ4v) is 7.15. The highest BCUT2D eigenvalue weighted by atomic mass is 16.6. The van der Waals surface area contributed by atoms with Crippen molar-refractivity contribution < 1.29 is 24.2 Å². The Labute approximate surface area is 279 Å². The molecule has 9 heteroatoms. The standard InChI is InChI=1S/C38H52N4O5/c1-26(2)42-25-33(23-40-42)31-7-5-8-34(22-31)41(37(44)30-13-16-35(17-14-30)47-38(45)39-19-6-20-43)24-28-9-11-29(12-10-28)32-15-18-36(46-4)27(3)21-32/h5,7-8,15,18,21-23,25-26,28-30,35,43H,6,9-14,16-17,19-20,24H2,1-4H3,(H,39,45). The van der Waals surface area contributed by atoms with E-state index in [1.807, 2.05) is 21.8 Å². The number of ether oxygens (including phenoxy) is 2. The molecule has 2 amide bonds. The van der Waals surface area contributed by atoms with Crippen LogP contribution in [0.25, 0.3) is 11.1 Å². The molecule has 0 atom stereocenters. The number of amides is 2. The SMILES string of the molecule is COc1ccc(C2CCC(CN(C(=O)C3CCC(OC(=O)NCCCO)CC3)c3cccc(-c4cnn(C(C)C)c4)c3)CC2)cc1C. The number of methoxy groups -OCH3 is 1. The number of aliphatic hydroxyl groups excluding tert-OH is 1. The maximum Gasteiger partial charge on any atom is 0.407 e. The smallest absolute Gasteiger partial charge is 0.407 e. The topological polar surface area (TPSA) is 106 Å². The summed E-state index contributed by atoms with van der Waals surface area (Å²) in [7, 11) is 1.72. The molecule has 5 rings (SSSR count). The minimum absolute atomic E-state index is 0.0261. The Hall–Kier alpha value is -3.85. The first-order chi connectivity index (χ1) is 22.7. The third kappa shape index (κ3) is 8.95. The highest BCUT2D eigenvalue weighted by molar-refractivity contribution is 5.95. The van der Waals surface area contributed by atoms with Gasteiger partial charge >= 0.3 is 6.09 Å². The van der Waals surface area contributed by atoms with E-state index < -0.39 is 6.09 Å². The van der Waals surface area contributed by atoms with Gasteiger partial charge in [-0.2, -0.15) is 5.10 Å². The molecule has 2 saturated carbocycles. The van der Waals surface area contributed by atoms with E-state index in [4.69, 9.17) is 14.6 Å². The van der Waals surface area contributed by atoms with E-state index in [-0.39, 0.29) is 30.6 Å². The van der Waals surface area contributed by atoms with Crippen LogP contribution in [0.5, 0.6) is 5.75 Å². The second-order valence-electron chi connectivity index (χ2n) is 13.6. The van der Waals surface area contributed by atoms with Crippen LogP contribution in [0.2, 0.25) is 0 Å². The number of nitrogens with one attached hydrogen (secondary N) is 1. The first-order valence-corrected chi connectivity index (χ1v) is 17.4. The number of benzene rings is 2. The number of nitrogens with zero attached hydrogens (tertiary/aromatic N) is 3. The number of anilines is 1. The molecular formula is C38H52N4O5. The molecular weight excluding hydrogens is 592 g/mol. The van der Waals surface area contributed by atoms with E-state index in [2.05, 4.69) is 73.8 Å². The minimum Gasteiger partial charge on any atom is -0.496 e. The highest BCUT2D eigenvalue weighted by Gasteiger charge is 2.34. The Bertz CT molecular complexity index is 1470. The molecule has 0 aliphatic heterocycles. The second kappa shape index (κ2) is 16.3. The van der Waals surface area contributed by atoms with Gasteiger partial charge in [-0.25, -0.2) is 4.79 Å². The van der Waals surface area contributed by atoms with Crippen molar-refractivity contribution in [3.8, 4) is 16.9 Å². The van der Waals surface area contributed by atoms with Gasteiger partial charge in [-0.15, -0.1) is 0 Å². The van der Waals surface area contributed by atoms with E-state index >= 15 is 0 Å². The fourth-order valence-electron chi connectivity index (χ4n) is 7.15. The summed E-state index contributed by atoms with van der Waals surface area (Å²) in [6.07, 6.45) is 10.9. The molecule has 1 heterocycles. The zero-order valence-corrected chi connectivity index (χ0v) is 28.5. The number of hydrogen-bond acceptors (Lipinski definition) is 6. The van der Waals surface area contributed by atoms with Crippen LogP contribution in [0.3, 0.4) is 0 Å². The molecule has 2 aliphatic rings. The number of hydrogen-bond donors (Lipinski definition) is 2. The summed E-state index contributed by atoms with van der Waals surface area (Å²) in [6, 6.07) is 15.2. The van der Waals surface area contributed by atoms with Crippen molar-refractivity contribution in [2.45, 2.75) is 96.6 Å². The highest BCUT2D eigenvalue weighted by Crippen LogP contribution is 2.39. The van der Waals surface area contributed by atoms with Crippen LogP contribution in [-0.2, 0) is 9.53 Å². The van der Waals surface area contributed by atoms with E-state index in [1.165, 1.54) is 11.1 Å². The van der Waals surface area contributed by atoms with E-state index in [0.717, 1.165) is 48.2 Å². The summed E-state index contributed by atoms with van der Waals surface area (Å²) in [4.78, 5) is 28.6. The molecule has 2 fully saturated rings. The summed E-state index contributed by atoms with van der Waals surface area (Å²) >= 11 is 0. The third-order valence-corrected chi connectivity index (χ3v) is 9.97. The normalized spacial score (nSPS) is 21.3. The second-order valence-corrected chi connectivity index (χ2v) is 13.6. The maximum absolute atomic E-state index is 14.4. The molecule has 1 aromatic heterocycles. The maximum atomic E-state index is 14.4. The van der Waals surface area contributed by atoms with Gasteiger partial charge in [0.25, 0.3) is 0 Å². The predicted octanol–water partition coefficient (Wildman–Crippen LogP) is 7.42. The van der Waals surface area contributed by atoms with Crippen LogP contribution in [0.4, 0.5) is 10.5 Å². The van der Waals surface area contributed by atoms with Gasteiger partial charge in [-0.3, -0.25) is 9.48 Å². The predicted molar refractivity (Wildman–Crippen MR) is 185 cm³/mol. The van der Waals surface area contributed by atoms with Gasteiger partial charge in [0.1, 0.15) is 11.9 Å². The van der Waals surface area contributed by atoms with Crippen LogP contribution in [0.15, 0.2) is 54.9 Å². The molecule has 254 valence electrons. The molecule has 0 bridgehead atoms. The molecule has 3 aromatic rings. The Balaban J connectivity index is 1.28. The first-order valence-electron chi connectivity index (χ1n) is 17.4. The Morgan fingerprint density at radius 1 is 1.02 bits per heavy atom.